The SMILES string of the molecule is CNC(=O)CN(C)[C@@H]1CCCC[C@H]1N(C)CC(=O)NC. The highest BCUT2D eigenvalue weighted by atomic mass is 16.2. The Labute approximate surface area is 121 Å². The zero-order valence-electron chi connectivity index (χ0n) is 13.1. The molecule has 0 heterocycles. The van der Waals surface area contributed by atoms with E-state index in [9.17, 15) is 9.59 Å². The molecule has 6 nitrogen and oxygen atoms in total. The summed E-state index contributed by atoms with van der Waals surface area (Å²) in [5, 5.41) is 5.32. The molecule has 0 aromatic carbocycles. The first-order chi connectivity index (χ1) is 9.49. The molecular formula is C14H28N4O2. The predicted octanol–water partition coefficient (Wildman–Crippen LogP) is -0.347. The number of nitrogens with one attached hydrogen (secondary N) is 2. The Morgan fingerprint density at radius 2 is 1.25 bits per heavy atom. The highest BCUT2D eigenvalue weighted by Crippen LogP contribution is 2.25. The van der Waals surface area contributed by atoms with Crippen LogP contribution in [0.4, 0.5) is 0 Å². The van der Waals surface area contributed by atoms with E-state index in [0.717, 1.165) is 12.8 Å². The van der Waals surface area contributed by atoms with Crippen LogP contribution in [0, 0.1) is 0 Å². The van der Waals surface area contributed by atoms with Crippen LogP contribution in [0.1, 0.15) is 25.7 Å². The van der Waals surface area contributed by atoms with Crippen LogP contribution in [0.3, 0.4) is 0 Å². The fourth-order valence-electron chi connectivity index (χ4n) is 2.97. The standard InChI is InChI=1S/C14H28N4O2/c1-15-13(19)9-17(3)11-7-5-6-8-12(11)18(4)10-14(20)16-2/h11-12H,5-10H2,1-4H3,(H,15,19)(H,16,20)/t11-,12-/m1/s1. The largest absolute Gasteiger partial charge is 0.358 e. The lowest BCUT2D eigenvalue weighted by Crippen LogP contribution is -2.54. The Hall–Kier alpha value is -1.14. The molecule has 2 N–H and O–H groups in total. The van der Waals surface area contributed by atoms with Gasteiger partial charge in [0.15, 0.2) is 0 Å². The first-order valence-corrected chi connectivity index (χ1v) is 7.31. The average molecular weight is 284 g/mol. The van der Waals surface area contributed by atoms with Crippen LogP contribution in [-0.4, -0.2) is 75.0 Å². The summed E-state index contributed by atoms with van der Waals surface area (Å²) < 4.78 is 0. The van der Waals surface area contributed by atoms with Crippen molar-refractivity contribution in [1.82, 2.24) is 20.4 Å². The average Bonchev–Trinajstić information content (AvgIpc) is 2.46. The molecule has 0 unspecified atom stereocenters. The van der Waals surface area contributed by atoms with Gasteiger partial charge in [-0.1, -0.05) is 12.8 Å². The van der Waals surface area contributed by atoms with Gasteiger partial charge in [-0.2, -0.15) is 0 Å². The summed E-state index contributed by atoms with van der Waals surface area (Å²) >= 11 is 0. The normalized spacial score (nSPS) is 22.9. The second kappa shape index (κ2) is 8.21. The van der Waals surface area contributed by atoms with Gasteiger partial charge in [0.1, 0.15) is 0 Å². The predicted molar refractivity (Wildman–Crippen MR) is 79.4 cm³/mol. The molecule has 2 atom stereocenters. The van der Waals surface area contributed by atoms with Crippen molar-refractivity contribution in [3.63, 3.8) is 0 Å². The van der Waals surface area contributed by atoms with E-state index in [1.54, 1.807) is 14.1 Å². The summed E-state index contributed by atoms with van der Waals surface area (Å²) in [5.41, 5.74) is 0. The number of hydrogen-bond acceptors (Lipinski definition) is 4. The zero-order valence-corrected chi connectivity index (χ0v) is 13.1. The summed E-state index contributed by atoms with van der Waals surface area (Å²) in [6.45, 7) is 0.816. The second-order valence-electron chi connectivity index (χ2n) is 5.60. The summed E-state index contributed by atoms with van der Waals surface area (Å²) in [6.07, 6.45) is 4.53. The summed E-state index contributed by atoms with van der Waals surface area (Å²) in [7, 11) is 7.30. The third-order valence-corrected chi connectivity index (χ3v) is 4.17. The van der Waals surface area contributed by atoms with Gasteiger partial charge in [0.05, 0.1) is 13.1 Å². The molecule has 0 aromatic rings. The van der Waals surface area contributed by atoms with Crippen LogP contribution in [0.5, 0.6) is 0 Å². The van der Waals surface area contributed by atoms with E-state index in [-0.39, 0.29) is 11.8 Å². The molecule has 1 aliphatic carbocycles. The number of likely N-dealkylation sites (N-methyl/N-ethyl adjacent to an activating group) is 4. The lowest BCUT2D eigenvalue weighted by molar-refractivity contribution is -0.124. The van der Waals surface area contributed by atoms with E-state index < -0.39 is 0 Å². The van der Waals surface area contributed by atoms with Crippen molar-refractivity contribution in [3.05, 3.63) is 0 Å². The molecule has 20 heavy (non-hydrogen) atoms. The summed E-state index contributed by atoms with van der Waals surface area (Å²) in [6, 6.07) is 0.659. The monoisotopic (exact) mass is 284 g/mol. The van der Waals surface area contributed by atoms with Crippen molar-refractivity contribution in [2.45, 2.75) is 37.8 Å². The minimum atomic E-state index is 0.0331. The molecule has 0 aliphatic heterocycles. The van der Waals surface area contributed by atoms with Crippen molar-refractivity contribution in [2.75, 3.05) is 41.3 Å². The van der Waals surface area contributed by atoms with Crippen molar-refractivity contribution >= 4 is 11.8 Å². The fourth-order valence-corrected chi connectivity index (χ4v) is 2.97. The smallest absolute Gasteiger partial charge is 0.233 e. The van der Waals surface area contributed by atoms with Gasteiger partial charge in [-0.05, 0) is 26.9 Å². The Bertz CT molecular complexity index is 303. The quantitative estimate of drug-likeness (QED) is 0.700. The molecule has 0 spiro atoms. The van der Waals surface area contributed by atoms with E-state index in [0.29, 0.717) is 25.2 Å². The maximum Gasteiger partial charge on any atom is 0.233 e. The minimum absolute atomic E-state index is 0.0331. The summed E-state index contributed by atoms with van der Waals surface area (Å²) in [5.74, 6) is 0.0663. The molecule has 0 radical (unpaired) electrons. The van der Waals surface area contributed by atoms with E-state index in [1.807, 2.05) is 14.1 Å². The van der Waals surface area contributed by atoms with Crippen molar-refractivity contribution in [2.24, 2.45) is 0 Å². The molecule has 2 amide bonds. The van der Waals surface area contributed by atoms with Crippen LogP contribution >= 0.6 is 0 Å². The van der Waals surface area contributed by atoms with Crippen molar-refractivity contribution in [3.8, 4) is 0 Å². The second-order valence-corrected chi connectivity index (χ2v) is 5.60. The fraction of sp³-hybridized carbons (Fsp3) is 0.857. The number of nitrogens with zero attached hydrogens (tertiary/aromatic N) is 2. The van der Waals surface area contributed by atoms with Gasteiger partial charge in [0.25, 0.3) is 0 Å². The zero-order chi connectivity index (χ0) is 15.1. The Balaban J connectivity index is 2.65. The minimum Gasteiger partial charge on any atom is -0.358 e. The number of rotatable bonds is 6. The van der Waals surface area contributed by atoms with E-state index in [4.69, 9.17) is 0 Å². The molecule has 116 valence electrons. The number of carbonyl (C=O) groups is 2. The molecular weight excluding hydrogens is 256 g/mol. The maximum absolute atomic E-state index is 11.5. The Morgan fingerprint density at radius 1 is 0.900 bits per heavy atom. The van der Waals surface area contributed by atoms with E-state index in [2.05, 4.69) is 20.4 Å². The molecule has 1 saturated carbocycles. The van der Waals surface area contributed by atoms with Gasteiger partial charge in [0, 0.05) is 26.2 Å². The summed E-state index contributed by atoms with van der Waals surface area (Å²) in [4.78, 5) is 27.3. The Kier molecular flexibility index (Phi) is 6.95. The highest BCUT2D eigenvalue weighted by Gasteiger charge is 2.32. The Morgan fingerprint density at radius 3 is 1.55 bits per heavy atom. The van der Waals surface area contributed by atoms with Crippen LogP contribution in [0.15, 0.2) is 0 Å². The molecule has 0 aromatic heterocycles. The molecule has 1 aliphatic rings. The highest BCUT2D eigenvalue weighted by molar-refractivity contribution is 5.78. The molecule has 6 heteroatoms. The van der Waals surface area contributed by atoms with Crippen molar-refractivity contribution < 1.29 is 9.59 Å². The van der Waals surface area contributed by atoms with E-state index in [1.165, 1.54) is 12.8 Å². The van der Waals surface area contributed by atoms with Gasteiger partial charge in [0.2, 0.25) is 11.8 Å². The number of hydrogen-bond donors (Lipinski definition) is 2. The van der Waals surface area contributed by atoms with Gasteiger partial charge in [-0.3, -0.25) is 19.4 Å². The van der Waals surface area contributed by atoms with Gasteiger partial charge in [-0.15, -0.1) is 0 Å². The lowest BCUT2D eigenvalue weighted by Gasteiger charge is -2.42. The van der Waals surface area contributed by atoms with Gasteiger partial charge < -0.3 is 10.6 Å². The first-order valence-electron chi connectivity index (χ1n) is 7.31. The van der Waals surface area contributed by atoms with Crippen LogP contribution in [0.25, 0.3) is 0 Å². The third-order valence-electron chi connectivity index (χ3n) is 4.17. The van der Waals surface area contributed by atoms with Crippen LogP contribution < -0.4 is 10.6 Å². The van der Waals surface area contributed by atoms with Crippen LogP contribution in [-0.2, 0) is 9.59 Å². The number of amides is 2. The molecule has 0 saturated heterocycles. The topological polar surface area (TPSA) is 64.7 Å². The van der Waals surface area contributed by atoms with Gasteiger partial charge in [-0.25, -0.2) is 0 Å². The maximum atomic E-state index is 11.5. The van der Waals surface area contributed by atoms with Crippen molar-refractivity contribution in [1.29, 1.82) is 0 Å². The lowest BCUT2D eigenvalue weighted by atomic mass is 9.88. The molecule has 1 fully saturated rings. The van der Waals surface area contributed by atoms with E-state index >= 15 is 0 Å². The molecule has 0 bridgehead atoms. The molecule has 1 rings (SSSR count). The third kappa shape index (κ3) is 4.76. The van der Waals surface area contributed by atoms with Gasteiger partial charge >= 0.3 is 0 Å². The first kappa shape index (κ1) is 16.9. The van der Waals surface area contributed by atoms with Crippen LogP contribution in [0.2, 0.25) is 0 Å². The number of carbonyl (C=O) groups excluding carboxylic acids is 2.